The van der Waals surface area contributed by atoms with Crippen LogP contribution >= 0.6 is 12.4 Å². The largest absolute Gasteiger partial charge is 0.355 e. The smallest absolute Gasteiger partial charge is 0.246 e. The zero-order chi connectivity index (χ0) is 17.0. The second-order valence-electron chi connectivity index (χ2n) is 5.67. The third-order valence-electron chi connectivity index (χ3n) is 3.97. The summed E-state index contributed by atoms with van der Waals surface area (Å²) in [6.07, 6.45) is 1.17. The first-order valence-corrected chi connectivity index (χ1v) is 9.05. The third kappa shape index (κ3) is 4.44. The van der Waals surface area contributed by atoms with E-state index in [1.807, 2.05) is 0 Å². The molecule has 9 heteroatoms. The Kier molecular flexibility index (Phi) is 7.59. The lowest BCUT2D eigenvalue weighted by Crippen LogP contribution is -2.46. The number of nitrogens with two attached hydrogens (primary N) is 1. The van der Waals surface area contributed by atoms with Crippen LogP contribution in [0.2, 0.25) is 0 Å². The van der Waals surface area contributed by atoms with Gasteiger partial charge in [0.2, 0.25) is 15.9 Å². The number of aryl methyl sites for hydroxylation is 1. The number of halogens is 2. The molecule has 1 aliphatic rings. The zero-order valence-corrected chi connectivity index (χ0v) is 15.1. The van der Waals surface area contributed by atoms with Crippen molar-refractivity contribution in [2.75, 3.05) is 26.2 Å². The van der Waals surface area contributed by atoms with Crippen molar-refractivity contribution in [3.63, 3.8) is 0 Å². The van der Waals surface area contributed by atoms with Gasteiger partial charge in [-0.05, 0) is 31.4 Å². The zero-order valence-electron chi connectivity index (χ0n) is 13.5. The second-order valence-corrected chi connectivity index (χ2v) is 7.58. The Morgan fingerprint density at radius 1 is 1.46 bits per heavy atom. The van der Waals surface area contributed by atoms with Crippen molar-refractivity contribution in [2.45, 2.75) is 24.7 Å². The molecule has 1 unspecified atom stereocenters. The van der Waals surface area contributed by atoms with E-state index in [2.05, 4.69) is 5.32 Å². The summed E-state index contributed by atoms with van der Waals surface area (Å²) in [5.74, 6) is -1.37. The number of hydrogen-bond donors (Lipinski definition) is 2. The Morgan fingerprint density at radius 3 is 2.83 bits per heavy atom. The van der Waals surface area contributed by atoms with Gasteiger partial charge in [0, 0.05) is 26.2 Å². The third-order valence-corrected chi connectivity index (χ3v) is 5.86. The van der Waals surface area contributed by atoms with E-state index in [9.17, 15) is 17.6 Å². The maximum absolute atomic E-state index is 14.2. The lowest BCUT2D eigenvalue weighted by Gasteiger charge is -2.31. The van der Waals surface area contributed by atoms with Gasteiger partial charge in [0.15, 0.2) is 0 Å². The van der Waals surface area contributed by atoms with Crippen molar-refractivity contribution in [3.05, 3.63) is 29.6 Å². The van der Waals surface area contributed by atoms with Crippen molar-refractivity contribution in [1.82, 2.24) is 9.62 Å². The van der Waals surface area contributed by atoms with E-state index in [0.29, 0.717) is 25.9 Å². The van der Waals surface area contributed by atoms with Gasteiger partial charge < -0.3 is 11.1 Å². The van der Waals surface area contributed by atoms with Crippen LogP contribution in [-0.4, -0.2) is 44.8 Å². The van der Waals surface area contributed by atoms with Gasteiger partial charge in [0.1, 0.15) is 10.7 Å². The van der Waals surface area contributed by atoms with Crippen LogP contribution in [0.1, 0.15) is 18.4 Å². The molecule has 0 aliphatic carbocycles. The fourth-order valence-corrected chi connectivity index (χ4v) is 4.34. The highest BCUT2D eigenvalue weighted by Crippen LogP contribution is 2.26. The number of piperidine rings is 1. The number of amides is 1. The Bertz CT molecular complexity index is 685. The Morgan fingerprint density at radius 2 is 2.17 bits per heavy atom. The molecule has 0 bridgehead atoms. The van der Waals surface area contributed by atoms with E-state index in [4.69, 9.17) is 5.73 Å². The minimum absolute atomic E-state index is 0. The molecule has 136 valence electrons. The van der Waals surface area contributed by atoms with Gasteiger partial charge in [-0.1, -0.05) is 12.1 Å². The highest BCUT2D eigenvalue weighted by molar-refractivity contribution is 7.89. The highest BCUT2D eigenvalue weighted by Gasteiger charge is 2.34. The van der Waals surface area contributed by atoms with Gasteiger partial charge in [-0.2, -0.15) is 4.31 Å². The number of benzene rings is 1. The quantitative estimate of drug-likeness (QED) is 0.799. The monoisotopic (exact) mass is 379 g/mol. The Balaban J connectivity index is 0.00000288. The molecule has 1 aromatic rings. The van der Waals surface area contributed by atoms with Crippen LogP contribution in [0.25, 0.3) is 0 Å². The molecule has 0 saturated carbocycles. The topological polar surface area (TPSA) is 92.5 Å². The standard InChI is InChI=1S/C15H22FN3O3S.ClH/c1-11-4-2-6-13(14(11)16)23(21,22)19-9-3-5-12(10-19)15(20)18-8-7-17;/h2,4,6,12H,3,5,7-10,17H2,1H3,(H,18,20);1H. The van der Waals surface area contributed by atoms with Crippen molar-refractivity contribution in [1.29, 1.82) is 0 Å². The van der Waals surface area contributed by atoms with Gasteiger partial charge in [-0.25, -0.2) is 12.8 Å². The fourth-order valence-electron chi connectivity index (χ4n) is 2.67. The summed E-state index contributed by atoms with van der Waals surface area (Å²) in [6.45, 7) is 2.56. The minimum atomic E-state index is -3.95. The fraction of sp³-hybridized carbons (Fsp3) is 0.533. The average Bonchev–Trinajstić information content (AvgIpc) is 2.55. The SMILES string of the molecule is Cc1cccc(S(=O)(=O)N2CCCC(C(=O)NCCN)C2)c1F.Cl. The normalized spacial score (nSPS) is 18.7. The van der Waals surface area contributed by atoms with Crippen LogP contribution in [0, 0.1) is 18.7 Å². The molecule has 1 aliphatic heterocycles. The number of carbonyl (C=O) groups excluding carboxylic acids is 1. The number of nitrogens with one attached hydrogen (secondary N) is 1. The van der Waals surface area contributed by atoms with Gasteiger partial charge in [0.05, 0.1) is 5.92 Å². The molecule has 1 atom stereocenters. The molecule has 3 N–H and O–H groups in total. The molecule has 0 radical (unpaired) electrons. The number of rotatable bonds is 5. The van der Waals surface area contributed by atoms with Gasteiger partial charge >= 0.3 is 0 Å². The van der Waals surface area contributed by atoms with E-state index >= 15 is 0 Å². The molecular weight excluding hydrogens is 357 g/mol. The van der Waals surface area contributed by atoms with Crippen LogP contribution in [0.4, 0.5) is 4.39 Å². The van der Waals surface area contributed by atoms with Crippen LogP contribution in [-0.2, 0) is 14.8 Å². The summed E-state index contributed by atoms with van der Waals surface area (Å²) in [6, 6.07) is 4.30. The molecule has 1 heterocycles. The van der Waals surface area contributed by atoms with Crippen LogP contribution < -0.4 is 11.1 Å². The first kappa shape index (κ1) is 20.8. The van der Waals surface area contributed by atoms with Crippen LogP contribution in [0.5, 0.6) is 0 Å². The Hall–Kier alpha value is -1.22. The second kappa shape index (κ2) is 8.75. The molecule has 0 aromatic heterocycles. The highest BCUT2D eigenvalue weighted by atomic mass is 35.5. The van der Waals surface area contributed by atoms with Crippen molar-refractivity contribution in [3.8, 4) is 0 Å². The number of hydrogen-bond acceptors (Lipinski definition) is 4. The first-order chi connectivity index (χ1) is 10.9. The summed E-state index contributed by atoms with van der Waals surface area (Å²) in [4.78, 5) is 11.7. The maximum atomic E-state index is 14.2. The van der Waals surface area contributed by atoms with E-state index in [0.717, 1.165) is 0 Å². The lowest BCUT2D eigenvalue weighted by molar-refractivity contribution is -0.126. The molecule has 0 spiro atoms. The van der Waals surface area contributed by atoms with Crippen molar-refractivity contribution in [2.24, 2.45) is 11.7 Å². The van der Waals surface area contributed by atoms with Gasteiger partial charge in [-0.3, -0.25) is 4.79 Å². The predicted molar refractivity (Wildman–Crippen MR) is 91.9 cm³/mol. The van der Waals surface area contributed by atoms with E-state index in [-0.39, 0.29) is 41.9 Å². The molecule has 6 nitrogen and oxygen atoms in total. The van der Waals surface area contributed by atoms with Crippen molar-refractivity contribution < 1.29 is 17.6 Å². The molecule has 1 aromatic carbocycles. The minimum Gasteiger partial charge on any atom is -0.355 e. The summed E-state index contributed by atoms with van der Waals surface area (Å²) < 4.78 is 40.7. The molecule has 1 fully saturated rings. The number of carbonyl (C=O) groups is 1. The summed E-state index contributed by atoms with van der Waals surface area (Å²) in [5.41, 5.74) is 5.63. The summed E-state index contributed by atoms with van der Waals surface area (Å²) in [5, 5.41) is 2.67. The molecule has 24 heavy (non-hydrogen) atoms. The van der Waals surface area contributed by atoms with Crippen molar-refractivity contribution >= 4 is 28.3 Å². The molecule has 1 saturated heterocycles. The van der Waals surface area contributed by atoms with Gasteiger partial charge in [-0.15, -0.1) is 12.4 Å². The Labute approximate surface area is 148 Å². The van der Waals surface area contributed by atoms with Crippen LogP contribution in [0.15, 0.2) is 23.1 Å². The van der Waals surface area contributed by atoms with E-state index in [1.54, 1.807) is 0 Å². The predicted octanol–water partition coefficient (Wildman–Crippen LogP) is 1.03. The average molecular weight is 380 g/mol. The first-order valence-electron chi connectivity index (χ1n) is 7.61. The lowest BCUT2D eigenvalue weighted by atomic mass is 9.99. The summed E-state index contributed by atoms with van der Waals surface area (Å²) in [7, 11) is -3.95. The van der Waals surface area contributed by atoms with E-state index in [1.165, 1.54) is 29.4 Å². The molecule has 2 rings (SSSR count). The van der Waals surface area contributed by atoms with Gasteiger partial charge in [0.25, 0.3) is 0 Å². The van der Waals surface area contributed by atoms with E-state index < -0.39 is 21.8 Å². The number of sulfonamides is 1. The summed E-state index contributed by atoms with van der Waals surface area (Å²) >= 11 is 0. The maximum Gasteiger partial charge on any atom is 0.246 e. The molecular formula is C15H23ClFN3O3S. The number of nitrogens with zero attached hydrogens (tertiary/aromatic N) is 1. The van der Waals surface area contributed by atoms with Crippen LogP contribution in [0.3, 0.4) is 0 Å². The molecule has 1 amide bonds.